The predicted molar refractivity (Wildman–Crippen MR) is 44.1 cm³/mol. The summed E-state index contributed by atoms with van der Waals surface area (Å²) in [5.41, 5.74) is 0. The lowest BCUT2D eigenvalue weighted by molar-refractivity contribution is 0.112. The summed E-state index contributed by atoms with van der Waals surface area (Å²) >= 11 is 1.26. The number of rotatable bonds is 3. The molecule has 0 fully saturated rings. The number of hydrogen-bond donors (Lipinski definition) is 1. The summed E-state index contributed by atoms with van der Waals surface area (Å²) < 4.78 is 0. The lowest BCUT2D eigenvalue weighted by Gasteiger charge is -2.02. The highest BCUT2D eigenvalue weighted by atomic mass is 32.1. The third kappa shape index (κ3) is 2.27. The molecule has 4 nitrogen and oxygen atoms in total. The van der Waals surface area contributed by atoms with E-state index in [2.05, 4.69) is 15.5 Å². The molecule has 0 aliphatic heterocycles. The Bertz CT molecular complexity index is 246. The fourth-order valence-electron chi connectivity index (χ4n) is 0.587. The average Bonchev–Trinajstić information content (AvgIpc) is 2.34. The van der Waals surface area contributed by atoms with E-state index in [1.807, 2.05) is 13.8 Å². The first-order valence-electron chi connectivity index (χ1n) is 3.27. The van der Waals surface area contributed by atoms with Crippen LogP contribution < -0.4 is 5.32 Å². The molecule has 0 aliphatic carbocycles. The van der Waals surface area contributed by atoms with Gasteiger partial charge in [-0.05, 0) is 13.8 Å². The number of hydrogen-bond acceptors (Lipinski definition) is 5. The monoisotopic (exact) mass is 171 g/mol. The third-order valence-corrected chi connectivity index (χ3v) is 1.73. The van der Waals surface area contributed by atoms with Crippen molar-refractivity contribution >= 4 is 22.8 Å². The number of nitrogens with zero attached hydrogens (tertiary/aromatic N) is 2. The molecule has 0 saturated carbocycles. The fourth-order valence-corrected chi connectivity index (χ4v) is 1.29. The highest BCUT2D eigenvalue weighted by molar-refractivity contribution is 7.16. The quantitative estimate of drug-likeness (QED) is 0.693. The molecule has 0 aromatic carbocycles. The summed E-state index contributed by atoms with van der Waals surface area (Å²) in [6.07, 6.45) is 0.698. The van der Waals surface area contributed by atoms with Gasteiger partial charge in [0.25, 0.3) is 0 Å². The number of aldehydes is 1. The minimum absolute atomic E-state index is 0.322. The van der Waals surface area contributed by atoms with Gasteiger partial charge < -0.3 is 5.32 Å². The van der Waals surface area contributed by atoms with E-state index in [0.717, 1.165) is 0 Å². The molecule has 0 radical (unpaired) electrons. The molecule has 5 heteroatoms. The van der Waals surface area contributed by atoms with Crippen molar-refractivity contribution in [2.75, 3.05) is 5.32 Å². The second kappa shape index (κ2) is 3.43. The van der Waals surface area contributed by atoms with Gasteiger partial charge in [0, 0.05) is 6.04 Å². The number of nitrogens with one attached hydrogen (secondary N) is 1. The van der Waals surface area contributed by atoms with E-state index >= 15 is 0 Å². The normalized spacial score (nSPS) is 10.1. The van der Waals surface area contributed by atoms with Crippen molar-refractivity contribution in [1.29, 1.82) is 0 Å². The van der Waals surface area contributed by atoms with Gasteiger partial charge in [0.1, 0.15) is 0 Å². The first-order valence-corrected chi connectivity index (χ1v) is 4.09. The number of aromatic nitrogens is 2. The summed E-state index contributed by atoms with van der Waals surface area (Å²) in [5.74, 6) is 0. The van der Waals surface area contributed by atoms with Crippen LogP contribution in [0.4, 0.5) is 5.13 Å². The van der Waals surface area contributed by atoms with E-state index < -0.39 is 0 Å². The van der Waals surface area contributed by atoms with E-state index in [1.54, 1.807) is 0 Å². The van der Waals surface area contributed by atoms with Crippen LogP contribution in [0.3, 0.4) is 0 Å². The van der Waals surface area contributed by atoms with Crippen molar-refractivity contribution in [1.82, 2.24) is 10.2 Å². The van der Waals surface area contributed by atoms with Gasteiger partial charge in [-0.15, -0.1) is 10.2 Å². The number of carbonyl (C=O) groups excluding carboxylic acids is 1. The van der Waals surface area contributed by atoms with Crippen molar-refractivity contribution in [2.24, 2.45) is 0 Å². The van der Waals surface area contributed by atoms with E-state index in [-0.39, 0.29) is 0 Å². The summed E-state index contributed by atoms with van der Waals surface area (Å²) in [4.78, 5) is 10.2. The van der Waals surface area contributed by atoms with Crippen molar-refractivity contribution < 1.29 is 4.79 Å². The minimum Gasteiger partial charge on any atom is -0.358 e. The minimum atomic E-state index is 0.322. The summed E-state index contributed by atoms with van der Waals surface area (Å²) in [5, 5.41) is 11.5. The molecule has 1 heterocycles. The van der Waals surface area contributed by atoms with Gasteiger partial charge in [0.15, 0.2) is 11.3 Å². The van der Waals surface area contributed by atoms with Crippen LogP contribution in [0.25, 0.3) is 0 Å². The molecule has 60 valence electrons. The van der Waals surface area contributed by atoms with Crippen LogP contribution >= 0.6 is 11.3 Å². The number of carbonyl (C=O) groups is 1. The van der Waals surface area contributed by atoms with Crippen LogP contribution in [-0.4, -0.2) is 22.5 Å². The molecule has 0 bridgehead atoms. The molecule has 0 unspecified atom stereocenters. The zero-order chi connectivity index (χ0) is 8.27. The summed E-state index contributed by atoms with van der Waals surface area (Å²) in [6.45, 7) is 4.00. The second-order valence-electron chi connectivity index (χ2n) is 2.36. The Labute approximate surface area is 68.7 Å². The number of anilines is 1. The van der Waals surface area contributed by atoms with Crippen LogP contribution in [0.5, 0.6) is 0 Å². The summed E-state index contributed by atoms with van der Waals surface area (Å²) in [7, 11) is 0. The van der Waals surface area contributed by atoms with Gasteiger partial charge in [0.05, 0.1) is 0 Å². The maximum Gasteiger partial charge on any atom is 0.206 e. The molecule has 1 aromatic rings. The maximum atomic E-state index is 10.2. The van der Waals surface area contributed by atoms with Crippen molar-refractivity contribution in [2.45, 2.75) is 19.9 Å². The molecule has 0 aliphatic rings. The Morgan fingerprint density at radius 3 is 2.73 bits per heavy atom. The Morgan fingerprint density at radius 1 is 1.55 bits per heavy atom. The zero-order valence-electron chi connectivity index (χ0n) is 6.37. The first-order chi connectivity index (χ1) is 5.22. The average molecular weight is 171 g/mol. The summed E-state index contributed by atoms with van der Waals surface area (Å²) in [6, 6.07) is 0.322. The Kier molecular flexibility index (Phi) is 2.53. The van der Waals surface area contributed by atoms with Crippen LogP contribution in [0, 0.1) is 0 Å². The van der Waals surface area contributed by atoms with Gasteiger partial charge in [-0.25, -0.2) is 0 Å². The SMILES string of the molecule is CC(C)Nc1nnc(C=O)s1. The molecule has 1 N–H and O–H groups in total. The van der Waals surface area contributed by atoms with Crippen LogP contribution in [0.2, 0.25) is 0 Å². The van der Waals surface area contributed by atoms with Gasteiger partial charge in [-0.3, -0.25) is 4.79 Å². The molecule has 1 rings (SSSR count). The lowest BCUT2D eigenvalue weighted by Crippen LogP contribution is -2.08. The van der Waals surface area contributed by atoms with Crippen molar-refractivity contribution in [3.8, 4) is 0 Å². The highest BCUT2D eigenvalue weighted by Crippen LogP contribution is 2.13. The van der Waals surface area contributed by atoms with Gasteiger partial charge in [-0.2, -0.15) is 0 Å². The van der Waals surface area contributed by atoms with Crippen molar-refractivity contribution in [3.63, 3.8) is 0 Å². The highest BCUT2D eigenvalue weighted by Gasteiger charge is 2.02. The molecular weight excluding hydrogens is 162 g/mol. The molecular formula is C6H9N3OS. The first kappa shape index (κ1) is 8.13. The van der Waals surface area contributed by atoms with Crippen LogP contribution in [0.1, 0.15) is 23.6 Å². The van der Waals surface area contributed by atoms with E-state index in [9.17, 15) is 4.79 Å². The lowest BCUT2D eigenvalue weighted by atomic mass is 10.4. The molecule has 1 aromatic heterocycles. The topological polar surface area (TPSA) is 54.9 Å². The van der Waals surface area contributed by atoms with E-state index in [0.29, 0.717) is 22.5 Å². The molecule has 0 amide bonds. The molecule has 11 heavy (non-hydrogen) atoms. The Morgan fingerprint density at radius 2 is 2.27 bits per heavy atom. The Hall–Kier alpha value is -0.970. The predicted octanol–water partition coefficient (Wildman–Crippen LogP) is 1.17. The van der Waals surface area contributed by atoms with Gasteiger partial charge in [0.2, 0.25) is 5.13 Å². The molecule has 0 saturated heterocycles. The molecule has 0 spiro atoms. The second-order valence-corrected chi connectivity index (χ2v) is 3.37. The van der Waals surface area contributed by atoms with Gasteiger partial charge in [-0.1, -0.05) is 11.3 Å². The maximum absolute atomic E-state index is 10.2. The zero-order valence-corrected chi connectivity index (χ0v) is 7.18. The Balaban J connectivity index is 2.65. The molecule has 0 atom stereocenters. The largest absolute Gasteiger partial charge is 0.358 e. The van der Waals surface area contributed by atoms with Crippen LogP contribution in [0.15, 0.2) is 0 Å². The van der Waals surface area contributed by atoms with E-state index in [1.165, 1.54) is 11.3 Å². The van der Waals surface area contributed by atoms with Crippen molar-refractivity contribution in [3.05, 3.63) is 5.01 Å². The van der Waals surface area contributed by atoms with Crippen LogP contribution in [-0.2, 0) is 0 Å². The van der Waals surface area contributed by atoms with E-state index in [4.69, 9.17) is 0 Å². The van der Waals surface area contributed by atoms with Gasteiger partial charge >= 0.3 is 0 Å². The third-order valence-electron chi connectivity index (χ3n) is 0.954. The standard InChI is InChI=1S/C6H9N3OS/c1-4(2)7-6-9-8-5(3-10)11-6/h3-4H,1-2H3,(H,7,9). The fraction of sp³-hybridized carbons (Fsp3) is 0.500. The smallest absolute Gasteiger partial charge is 0.206 e.